The van der Waals surface area contributed by atoms with E-state index in [0.717, 1.165) is 12.1 Å². The highest BCUT2D eigenvalue weighted by Crippen LogP contribution is 2.20. The SMILES string of the molecule is COc1cc(F)ccc1C(=O)COC(C)=O. The molecule has 0 aliphatic heterocycles. The van der Waals surface area contributed by atoms with Gasteiger partial charge in [-0.1, -0.05) is 0 Å². The highest BCUT2D eigenvalue weighted by molar-refractivity contribution is 6.00. The molecule has 1 aromatic rings. The smallest absolute Gasteiger partial charge is 0.303 e. The predicted molar refractivity (Wildman–Crippen MR) is 53.9 cm³/mol. The first-order valence-corrected chi connectivity index (χ1v) is 4.54. The Labute approximate surface area is 92.0 Å². The third-order valence-electron chi connectivity index (χ3n) is 1.87. The lowest BCUT2D eigenvalue weighted by Gasteiger charge is -2.07. The van der Waals surface area contributed by atoms with Crippen molar-refractivity contribution in [2.24, 2.45) is 0 Å². The van der Waals surface area contributed by atoms with Crippen molar-refractivity contribution in [1.29, 1.82) is 0 Å². The molecular weight excluding hydrogens is 215 g/mol. The van der Waals surface area contributed by atoms with E-state index < -0.39 is 17.6 Å². The molecule has 5 heteroatoms. The van der Waals surface area contributed by atoms with E-state index in [1.807, 2.05) is 0 Å². The summed E-state index contributed by atoms with van der Waals surface area (Å²) in [6.45, 7) is 0.826. The van der Waals surface area contributed by atoms with Crippen molar-refractivity contribution in [3.8, 4) is 5.75 Å². The largest absolute Gasteiger partial charge is 0.496 e. The fourth-order valence-electron chi connectivity index (χ4n) is 1.14. The summed E-state index contributed by atoms with van der Waals surface area (Å²) >= 11 is 0. The van der Waals surface area contributed by atoms with Gasteiger partial charge >= 0.3 is 5.97 Å². The van der Waals surface area contributed by atoms with Gasteiger partial charge in [0.2, 0.25) is 5.78 Å². The maximum atomic E-state index is 12.8. The Morgan fingerprint density at radius 3 is 2.62 bits per heavy atom. The quantitative estimate of drug-likeness (QED) is 0.577. The minimum atomic E-state index is -0.547. The van der Waals surface area contributed by atoms with Crippen LogP contribution in [0.5, 0.6) is 5.75 Å². The summed E-state index contributed by atoms with van der Waals surface area (Å²) in [6.07, 6.45) is 0. The van der Waals surface area contributed by atoms with E-state index in [2.05, 4.69) is 4.74 Å². The normalized spacial score (nSPS) is 9.69. The summed E-state index contributed by atoms with van der Waals surface area (Å²) in [5.74, 6) is -1.36. The Morgan fingerprint density at radius 1 is 1.38 bits per heavy atom. The second kappa shape index (κ2) is 5.25. The molecule has 0 unspecified atom stereocenters. The number of methoxy groups -OCH3 is 1. The van der Waals surface area contributed by atoms with Crippen LogP contribution in [0.3, 0.4) is 0 Å². The number of halogens is 1. The van der Waals surface area contributed by atoms with Crippen LogP contribution in [-0.2, 0) is 9.53 Å². The summed E-state index contributed by atoms with van der Waals surface area (Å²) in [4.78, 5) is 22.1. The Morgan fingerprint density at radius 2 is 2.06 bits per heavy atom. The molecule has 0 saturated heterocycles. The maximum absolute atomic E-state index is 12.8. The lowest BCUT2D eigenvalue weighted by atomic mass is 10.1. The number of carbonyl (C=O) groups is 2. The Balaban J connectivity index is 2.86. The van der Waals surface area contributed by atoms with Crippen molar-refractivity contribution in [2.75, 3.05) is 13.7 Å². The van der Waals surface area contributed by atoms with Crippen LogP contribution in [0, 0.1) is 5.82 Å². The highest BCUT2D eigenvalue weighted by atomic mass is 19.1. The standard InChI is InChI=1S/C11H11FO4/c1-7(13)16-6-10(14)9-4-3-8(12)5-11(9)15-2/h3-5H,6H2,1-2H3. The number of hydrogen-bond donors (Lipinski definition) is 0. The van der Waals surface area contributed by atoms with E-state index in [9.17, 15) is 14.0 Å². The summed E-state index contributed by atoms with van der Waals surface area (Å²) in [6, 6.07) is 3.53. The molecule has 0 bridgehead atoms. The fraction of sp³-hybridized carbons (Fsp3) is 0.273. The number of benzene rings is 1. The summed E-state index contributed by atoms with van der Waals surface area (Å²) in [5.41, 5.74) is 0.185. The predicted octanol–water partition coefficient (Wildman–Crippen LogP) is 1.58. The van der Waals surface area contributed by atoms with Crippen LogP contribution in [0.1, 0.15) is 17.3 Å². The lowest BCUT2D eigenvalue weighted by Crippen LogP contribution is -2.13. The van der Waals surface area contributed by atoms with Crippen LogP contribution in [0.2, 0.25) is 0 Å². The van der Waals surface area contributed by atoms with Crippen molar-refractivity contribution in [2.45, 2.75) is 6.92 Å². The molecule has 0 radical (unpaired) electrons. The molecule has 0 atom stereocenters. The van der Waals surface area contributed by atoms with Crippen molar-refractivity contribution in [3.05, 3.63) is 29.6 Å². The average Bonchev–Trinajstić information content (AvgIpc) is 2.25. The van der Waals surface area contributed by atoms with Gasteiger partial charge in [0, 0.05) is 13.0 Å². The number of hydrogen-bond acceptors (Lipinski definition) is 4. The van der Waals surface area contributed by atoms with Gasteiger partial charge in [0.1, 0.15) is 11.6 Å². The van der Waals surface area contributed by atoms with Crippen LogP contribution < -0.4 is 4.74 Å². The number of esters is 1. The third-order valence-corrected chi connectivity index (χ3v) is 1.87. The van der Waals surface area contributed by atoms with Crippen LogP contribution in [0.15, 0.2) is 18.2 Å². The summed E-state index contributed by atoms with van der Waals surface area (Å²) < 4.78 is 22.2. The van der Waals surface area contributed by atoms with Crippen molar-refractivity contribution in [1.82, 2.24) is 0 Å². The Bertz CT molecular complexity index is 414. The van der Waals surface area contributed by atoms with E-state index in [1.165, 1.54) is 20.1 Å². The van der Waals surface area contributed by atoms with Crippen molar-refractivity contribution in [3.63, 3.8) is 0 Å². The monoisotopic (exact) mass is 226 g/mol. The number of ether oxygens (including phenoxy) is 2. The molecule has 0 aromatic heterocycles. The van der Waals surface area contributed by atoms with Crippen LogP contribution in [0.25, 0.3) is 0 Å². The molecule has 86 valence electrons. The molecule has 0 fully saturated rings. The van der Waals surface area contributed by atoms with E-state index >= 15 is 0 Å². The van der Waals surface area contributed by atoms with Gasteiger partial charge in [-0.2, -0.15) is 0 Å². The molecule has 0 heterocycles. The van der Waals surface area contributed by atoms with Crippen molar-refractivity contribution >= 4 is 11.8 Å². The van der Waals surface area contributed by atoms with Gasteiger partial charge in [-0.25, -0.2) is 4.39 Å². The molecular formula is C11H11FO4. The zero-order chi connectivity index (χ0) is 12.1. The van der Waals surface area contributed by atoms with Crippen LogP contribution in [0.4, 0.5) is 4.39 Å². The first-order valence-electron chi connectivity index (χ1n) is 4.54. The van der Waals surface area contributed by atoms with Gasteiger partial charge in [-0.15, -0.1) is 0 Å². The molecule has 0 amide bonds. The number of rotatable bonds is 4. The minimum Gasteiger partial charge on any atom is -0.496 e. The van der Waals surface area contributed by atoms with Crippen LogP contribution in [-0.4, -0.2) is 25.5 Å². The second-order valence-electron chi connectivity index (χ2n) is 3.05. The van der Waals surface area contributed by atoms with E-state index in [-0.39, 0.29) is 17.9 Å². The topological polar surface area (TPSA) is 52.6 Å². The van der Waals surface area contributed by atoms with E-state index in [0.29, 0.717) is 0 Å². The van der Waals surface area contributed by atoms with Gasteiger partial charge in [-0.05, 0) is 12.1 Å². The van der Waals surface area contributed by atoms with Gasteiger partial charge < -0.3 is 9.47 Å². The van der Waals surface area contributed by atoms with Gasteiger partial charge in [0.05, 0.1) is 12.7 Å². The third kappa shape index (κ3) is 3.05. The molecule has 0 spiro atoms. The fourth-order valence-corrected chi connectivity index (χ4v) is 1.14. The summed E-state index contributed by atoms with van der Waals surface area (Å²) in [5, 5.41) is 0. The van der Waals surface area contributed by atoms with E-state index in [4.69, 9.17) is 4.74 Å². The molecule has 0 aliphatic rings. The molecule has 0 aliphatic carbocycles. The number of ketones is 1. The highest BCUT2D eigenvalue weighted by Gasteiger charge is 2.14. The molecule has 0 N–H and O–H groups in total. The van der Waals surface area contributed by atoms with Gasteiger partial charge in [0.15, 0.2) is 6.61 Å². The zero-order valence-corrected chi connectivity index (χ0v) is 8.95. The zero-order valence-electron chi connectivity index (χ0n) is 8.95. The van der Waals surface area contributed by atoms with Gasteiger partial charge in [-0.3, -0.25) is 9.59 Å². The Hall–Kier alpha value is -1.91. The Kier molecular flexibility index (Phi) is 3.99. The average molecular weight is 226 g/mol. The first kappa shape index (κ1) is 12.2. The van der Waals surface area contributed by atoms with Gasteiger partial charge in [0.25, 0.3) is 0 Å². The molecule has 16 heavy (non-hydrogen) atoms. The molecule has 0 saturated carbocycles. The molecule has 1 rings (SSSR count). The van der Waals surface area contributed by atoms with Crippen molar-refractivity contribution < 1.29 is 23.5 Å². The first-order chi connectivity index (χ1) is 7.54. The number of carbonyl (C=O) groups excluding carboxylic acids is 2. The van der Waals surface area contributed by atoms with Crippen LogP contribution >= 0.6 is 0 Å². The van der Waals surface area contributed by atoms with E-state index in [1.54, 1.807) is 0 Å². The minimum absolute atomic E-state index is 0.122. The second-order valence-corrected chi connectivity index (χ2v) is 3.05. The molecule has 4 nitrogen and oxygen atoms in total. The molecule has 1 aromatic carbocycles. The lowest BCUT2D eigenvalue weighted by molar-refractivity contribution is -0.139. The maximum Gasteiger partial charge on any atom is 0.303 e. The summed E-state index contributed by atoms with van der Waals surface area (Å²) in [7, 11) is 1.33. The number of Topliss-reactive ketones (excluding diaryl/α,β-unsaturated/α-hetero) is 1.